The third-order valence-corrected chi connectivity index (χ3v) is 5.00. The Morgan fingerprint density at radius 2 is 1.79 bits per heavy atom. The topological polar surface area (TPSA) is 50.8 Å². The number of hydrogen-bond acceptors (Lipinski definition) is 4. The van der Waals surface area contributed by atoms with Gasteiger partial charge in [-0.2, -0.15) is 0 Å². The molecule has 5 nitrogen and oxygen atoms in total. The molecule has 5 heteroatoms. The van der Waals surface area contributed by atoms with Gasteiger partial charge in [-0.05, 0) is 61.8 Å². The molecule has 1 amide bonds. The summed E-state index contributed by atoms with van der Waals surface area (Å²) in [6.07, 6.45) is 2.03. The number of carbonyl (C=O) groups excluding carboxylic acids is 1. The highest BCUT2D eigenvalue weighted by molar-refractivity contribution is 5.76. The van der Waals surface area contributed by atoms with Crippen LogP contribution in [0.4, 0.5) is 0 Å². The third kappa shape index (κ3) is 5.99. The fourth-order valence-electron chi connectivity index (χ4n) is 3.20. The Hall–Kier alpha value is -2.53. The lowest BCUT2D eigenvalue weighted by Gasteiger charge is -2.25. The van der Waals surface area contributed by atoms with Gasteiger partial charge >= 0.3 is 0 Å². The summed E-state index contributed by atoms with van der Waals surface area (Å²) in [4.78, 5) is 14.6. The van der Waals surface area contributed by atoms with Gasteiger partial charge in [0.15, 0.2) is 0 Å². The number of carbonyl (C=O) groups is 1. The van der Waals surface area contributed by atoms with Gasteiger partial charge in [0.1, 0.15) is 11.5 Å². The van der Waals surface area contributed by atoms with Crippen molar-refractivity contribution in [2.45, 2.75) is 32.2 Å². The minimum absolute atomic E-state index is 0.0295. The van der Waals surface area contributed by atoms with Crippen molar-refractivity contribution in [3.63, 3.8) is 0 Å². The van der Waals surface area contributed by atoms with Crippen molar-refractivity contribution in [2.24, 2.45) is 0 Å². The number of nitrogens with zero attached hydrogens (tertiary/aromatic N) is 1. The van der Waals surface area contributed by atoms with Crippen LogP contribution in [-0.2, 0) is 17.6 Å². The molecule has 0 fully saturated rings. The predicted molar refractivity (Wildman–Crippen MR) is 113 cm³/mol. The number of methoxy groups -OCH3 is 2. The van der Waals surface area contributed by atoms with Crippen molar-refractivity contribution in [3.8, 4) is 11.5 Å². The van der Waals surface area contributed by atoms with Gasteiger partial charge in [-0.1, -0.05) is 31.2 Å². The molecule has 0 aliphatic rings. The van der Waals surface area contributed by atoms with Crippen LogP contribution in [-0.4, -0.2) is 45.7 Å². The zero-order valence-electron chi connectivity index (χ0n) is 17.6. The van der Waals surface area contributed by atoms with Crippen molar-refractivity contribution >= 4 is 5.91 Å². The van der Waals surface area contributed by atoms with Crippen molar-refractivity contribution in [1.82, 2.24) is 10.2 Å². The Kier molecular flexibility index (Phi) is 8.33. The number of amides is 1. The lowest BCUT2D eigenvalue weighted by molar-refractivity contribution is -0.121. The molecular weight excluding hydrogens is 352 g/mol. The van der Waals surface area contributed by atoms with Gasteiger partial charge in [-0.3, -0.25) is 4.79 Å². The molecule has 2 rings (SSSR count). The highest BCUT2D eigenvalue weighted by Crippen LogP contribution is 2.25. The van der Waals surface area contributed by atoms with Gasteiger partial charge in [-0.25, -0.2) is 0 Å². The molecule has 0 saturated carbocycles. The van der Waals surface area contributed by atoms with E-state index in [4.69, 9.17) is 9.47 Å². The molecular formula is C23H32N2O3. The Morgan fingerprint density at radius 1 is 1.07 bits per heavy atom. The van der Waals surface area contributed by atoms with E-state index in [-0.39, 0.29) is 11.9 Å². The number of benzene rings is 2. The van der Waals surface area contributed by atoms with E-state index in [0.29, 0.717) is 19.4 Å². The first-order chi connectivity index (χ1) is 13.5. The largest absolute Gasteiger partial charge is 0.497 e. The van der Waals surface area contributed by atoms with Gasteiger partial charge < -0.3 is 19.7 Å². The maximum Gasteiger partial charge on any atom is 0.220 e. The van der Waals surface area contributed by atoms with Gasteiger partial charge in [-0.15, -0.1) is 0 Å². The molecule has 1 N–H and O–H groups in total. The van der Waals surface area contributed by atoms with Crippen LogP contribution in [0.25, 0.3) is 0 Å². The fraction of sp³-hybridized carbons (Fsp3) is 0.435. The Labute approximate surface area is 168 Å². The Balaban J connectivity index is 1.94. The average molecular weight is 385 g/mol. The summed E-state index contributed by atoms with van der Waals surface area (Å²) in [5.74, 6) is 1.57. The highest BCUT2D eigenvalue weighted by atomic mass is 16.5. The molecule has 152 valence electrons. The second-order valence-corrected chi connectivity index (χ2v) is 7.06. The van der Waals surface area contributed by atoms with E-state index in [1.165, 1.54) is 11.1 Å². The molecule has 0 bridgehead atoms. The summed E-state index contributed by atoms with van der Waals surface area (Å²) >= 11 is 0. The molecule has 0 aliphatic heterocycles. The van der Waals surface area contributed by atoms with E-state index in [1.54, 1.807) is 14.2 Å². The van der Waals surface area contributed by atoms with E-state index in [9.17, 15) is 4.79 Å². The molecule has 1 unspecified atom stereocenters. The first-order valence-corrected chi connectivity index (χ1v) is 9.71. The highest BCUT2D eigenvalue weighted by Gasteiger charge is 2.16. The minimum atomic E-state index is 0.0295. The summed E-state index contributed by atoms with van der Waals surface area (Å²) < 4.78 is 10.7. The van der Waals surface area contributed by atoms with Gasteiger partial charge in [0, 0.05) is 13.0 Å². The number of ether oxygens (including phenoxy) is 2. The van der Waals surface area contributed by atoms with E-state index >= 15 is 0 Å². The molecule has 0 spiro atoms. The number of rotatable bonds is 10. The molecule has 0 aliphatic carbocycles. The SMILES string of the molecule is CCc1ccc(C(CNC(=O)CCc2cc(OC)ccc2OC)N(C)C)cc1. The van der Waals surface area contributed by atoms with Gasteiger partial charge in [0.05, 0.1) is 20.3 Å². The first kappa shape index (κ1) is 21.8. The summed E-state index contributed by atoms with van der Waals surface area (Å²) in [6.45, 7) is 2.72. The van der Waals surface area contributed by atoms with Crippen LogP contribution in [0, 0.1) is 0 Å². The quantitative estimate of drug-likeness (QED) is 0.680. The minimum Gasteiger partial charge on any atom is -0.497 e. The van der Waals surface area contributed by atoms with Gasteiger partial charge in [0.2, 0.25) is 5.91 Å². The lowest BCUT2D eigenvalue weighted by Crippen LogP contribution is -2.34. The predicted octanol–water partition coefficient (Wildman–Crippen LogP) is 3.62. The fourth-order valence-corrected chi connectivity index (χ4v) is 3.20. The second-order valence-electron chi connectivity index (χ2n) is 7.06. The van der Waals surface area contributed by atoms with E-state index in [1.807, 2.05) is 32.3 Å². The molecule has 2 aromatic rings. The second kappa shape index (κ2) is 10.7. The number of likely N-dealkylation sites (N-methyl/N-ethyl adjacent to an activating group) is 1. The molecule has 28 heavy (non-hydrogen) atoms. The zero-order chi connectivity index (χ0) is 20.5. The van der Waals surface area contributed by atoms with E-state index < -0.39 is 0 Å². The lowest BCUT2D eigenvalue weighted by atomic mass is 10.0. The molecule has 2 aromatic carbocycles. The number of nitrogens with one attached hydrogen (secondary N) is 1. The van der Waals surface area contributed by atoms with Crippen LogP contribution >= 0.6 is 0 Å². The normalized spacial score (nSPS) is 11.9. The monoisotopic (exact) mass is 384 g/mol. The average Bonchev–Trinajstić information content (AvgIpc) is 2.72. The van der Waals surface area contributed by atoms with Crippen LogP contribution in [0.3, 0.4) is 0 Å². The van der Waals surface area contributed by atoms with Crippen molar-refractivity contribution < 1.29 is 14.3 Å². The molecule has 0 aromatic heterocycles. The van der Waals surface area contributed by atoms with Crippen molar-refractivity contribution in [2.75, 3.05) is 34.9 Å². The zero-order valence-corrected chi connectivity index (χ0v) is 17.6. The van der Waals surface area contributed by atoms with Gasteiger partial charge in [0.25, 0.3) is 0 Å². The maximum absolute atomic E-state index is 12.4. The molecule has 0 radical (unpaired) electrons. The van der Waals surface area contributed by atoms with Crippen LogP contribution in [0.15, 0.2) is 42.5 Å². The number of aryl methyl sites for hydroxylation is 2. The van der Waals surface area contributed by atoms with Crippen LogP contribution < -0.4 is 14.8 Å². The summed E-state index contributed by atoms with van der Waals surface area (Å²) in [7, 11) is 7.33. The Morgan fingerprint density at radius 3 is 2.36 bits per heavy atom. The standard InChI is InChI=1S/C23H32N2O3/c1-6-17-7-9-18(10-8-17)21(25(2)3)16-24-23(26)14-11-19-15-20(27-4)12-13-22(19)28-5/h7-10,12-13,15,21H,6,11,14,16H2,1-5H3,(H,24,26). The van der Waals surface area contributed by atoms with E-state index in [2.05, 4.69) is 41.4 Å². The number of hydrogen-bond donors (Lipinski definition) is 1. The summed E-state index contributed by atoms with van der Waals surface area (Å²) in [5, 5.41) is 3.07. The maximum atomic E-state index is 12.4. The third-order valence-electron chi connectivity index (χ3n) is 5.00. The van der Waals surface area contributed by atoms with Crippen LogP contribution in [0.5, 0.6) is 11.5 Å². The van der Waals surface area contributed by atoms with Crippen molar-refractivity contribution in [1.29, 1.82) is 0 Å². The first-order valence-electron chi connectivity index (χ1n) is 9.71. The van der Waals surface area contributed by atoms with E-state index in [0.717, 1.165) is 23.5 Å². The summed E-state index contributed by atoms with van der Waals surface area (Å²) in [5.41, 5.74) is 3.49. The molecule has 1 atom stereocenters. The van der Waals surface area contributed by atoms with Crippen LogP contribution in [0.2, 0.25) is 0 Å². The Bertz CT molecular complexity index is 757. The van der Waals surface area contributed by atoms with Crippen molar-refractivity contribution in [3.05, 3.63) is 59.2 Å². The molecule has 0 saturated heterocycles. The summed E-state index contributed by atoms with van der Waals surface area (Å²) in [6, 6.07) is 14.4. The smallest absolute Gasteiger partial charge is 0.220 e. The molecule has 0 heterocycles. The van der Waals surface area contributed by atoms with Crippen LogP contribution in [0.1, 0.15) is 36.1 Å².